The molecule has 1 atom stereocenters. The summed E-state index contributed by atoms with van der Waals surface area (Å²) in [6, 6.07) is 0. The molecule has 0 bridgehead atoms. The maximum atomic E-state index is 4.54. The third kappa shape index (κ3) is 5.02. The van der Waals surface area contributed by atoms with Crippen LogP contribution in [0, 0.1) is 18.8 Å². The van der Waals surface area contributed by atoms with Crippen LogP contribution in [0.5, 0.6) is 0 Å². The van der Waals surface area contributed by atoms with Crippen molar-refractivity contribution in [2.45, 2.75) is 34.2 Å². The Bertz CT molecular complexity index is 333. The van der Waals surface area contributed by atoms with Crippen molar-refractivity contribution >= 4 is 17.7 Å². The van der Waals surface area contributed by atoms with Gasteiger partial charge in [-0.25, -0.2) is 4.98 Å². The van der Waals surface area contributed by atoms with Crippen LogP contribution in [0.4, 0.5) is 5.95 Å². The summed E-state index contributed by atoms with van der Waals surface area (Å²) < 4.78 is 2.25. The van der Waals surface area contributed by atoms with Gasteiger partial charge in [0.2, 0.25) is 5.95 Å². The molecule has 0 fully saturated rings. The smallest absolute Gasteiger partial charge is 0.203 e. The average molecular weight is 255 g/mol. The molecule has 1 aromatic heterocycles. The van der Waals surface area contributed by atoms with Crippen molar-refractivity contribution in [3.63, 3.8) is 0 Å². The van der Waals surface area contributed by atoms with Crippen molar-refractivity contribution in [2.75, 3.05) is 23.9 Å². The molecule has 1 rings (SSSR count). The molecule has 98 valence electrons. The number of hydrogen-bond acceptors (Lipinski definition) is 3. The van der Waals surface area contributed by atoms with Gasteiger partial charge in [0.1, 0.15) is 0 Å². The predicted octanol–water partition coefficient (Wildman–Crippen LogP) is 3.26. The minimum Gasteiger partial charge on any atom is -0.355 e. The zero-order valence-electron chi connectivity index (χ0n) is 11.7. The van der Waals surface area contributed by atoms with Crippen molar-refractivity contribution < 1.29 is 0 Å². The Labute approximate surface area is 109 Å². The van der Waals surface area contributed by atoms with Gasteiger partial charge in [0.05, 0.1) is 5.69 Å². The third-order valence-corrected chi connectivity index (χ3v) is 3.43. The highest BCUT2D eigenvalue weighted by molar-refractivity contribution is 7.98. The molecule has 3 nitrogen and oxygen atoms in total. The Balaban J connectivity index is 2.63. The van der Waals surface area contributed by atoms with E-state index in [1.54, 1.807) is 0 Å². The van der Waals surface area contributed by atoms with Crippen molar-refractivity contribution in [2.24, 2.45) is 11.8 Å². The van der Waals surface area contributed by atoms with Gasteiger partial charge in [0.15, 0.2) is 0 Å². The zero-order chi connectivity index (χ0) is 12.8. The van der Waals surface area contributed by atoms with E-state index < -0.39 is 0 Å². The van der Waals surface area contributed by atoms with E-state index in [0.717, 1.165) is 24.7 Å². The van der Waals surface area contributed by atoms with E-state index in [9.17, 15) is 0 Å². The van der Waals surface area contributed by atoms with E-state index >= 15 is 0 Å². The van der Waals surface area contributed by atoms with Crippen LogP contribution >= 0.6 is 11.8 Å². The highest BCUT2D eigenvalue weighted by Gasteiger charge is 2.09. The molecule has 17 heavy (non-hydrogen) atoms. The molecule has 0 radical (unpaired) electrons. The first-order valence-electron chi connectivity index (χ1n) is 6.29. The van der Waals surface area contributed by atoms with Crippen LogP contribution in [0.3, 0.4) is 0 Å². The van der Waals surface area contributed by atoms with Crippen LogP contribution in [-0.2, 0) is 6.54 Å². The number of nitrogens with one attached hydrogen (secondary N) is 1. The van der Waals surface area contributed by atoms with Crippen LogP contribution < -0.4 is 5.32 Å². The van der Waals surface area contributed by atoms with Gasteiger partial charge in [-0.3, -0.25) is 0 Å². The number of nitrogens with zero attached hydrogens (tertiary/aromatic N) is 2. The van der Waals surface area contributed by atoms with Gasteiger partial charge in [-0.2, -0.15) is 11.8 Å². The van der Waals surface area contributed by atoms with Crippen LogP contribution in [-0.4, -0.2) is 28.1 Å². The molecule has 1 aromatic rings. The lowest BCUT2D eigenvalue weighted by molar-refractivity contribution is 0.532. The highest BCUT2D eigenvalue weighted by atomic mass is 32.2. The van der Waals surface area contributed by atoms with Crippen molar-refractivity contribution in [1.29, 1.82) is 0 Å². The minimum absolute atomic E-state index is 0.643. The second-order valence-electron chi connectivity index (χ2n) is 5.19. The van der Waals surface area contributed by atoms with E-state index in [0.29, 0.717) is 11.8 Å². The number of rotatable bonds is 7. The lowest BCUT2D eigenvalue weighted by Crippen LogP contribution is -2.15. The number of aromatic nitrogens is 2. The summed E-state index contributed by atoms with van der Waals surface area (Å²) in [5.74, 6) is 3.53. The first-order valence-corrected chi connectivity index (χ1v) is 7.69. The third-order valence-electron chi connectivity index (χ3n) is 2.52. The fourth-order valence-corrected chi connectivity index (χ4v) is 2.47. The van der Waals surface area contributed by atoms with E-state index in [-0.39, 0.29) is 0 Å². The number of aryl methyl sites for hydroxylation is 1. The Hall–Kier alpha value is -0.640. The quantitative estimate of drug-likeness (QED) is 0.811. The Morgan fingerprint density at radius 2 is 2.12 bits per heavy atom. The fraction of sp³-hybridized carbons (Fsp3) is 0.769. The largest absolute Gasteiger partial charge is 0.355 e. The van der Waals surface area contributed by atoms with Gasteiger partial charge < -0.3 is 9.88 Å². The zero-order valence-corrected chi connectivity index (χ0v) is 12.5. The summed E-state index contributed by atoms with van der Waals surface area (Å²) in [6.07, 6.45) is 4.30. The molecule has 0 aliphatic rings. The molecular formula is C13H25N3S. The highest BCUT2D eigenvalue weighted by Crippen LogP contribution is 2.14. The second kappa shape index (κ2) is 6.94. The van der Waals surface area contributed by atoms with Gasteiger partial charge in [-0.15, -0.1) is 0 Å². The normalized spacial score (nSPS) is 13.1. The number of thioether (sulfide) groups is 1. The van der Waals surface area contributed by atoms with E-state index in [2.05, 4.69) is 55.0 Å². The summed E-state index contributed by atoms with van der Waals surface area (Å²) in [5, 5.41) is 3.43. The van der Waals surface area contributed by atoms with E-state index in [1.165, 1.54) is 5.75 Å². The molecule has 0 saturated heterocycles. The fourth-order valence-electron chi connectivity index (χ4n) is 1.80. The molecule has 1 N–H and O–H groups in total. The summed E-state index contributed by atoms with van der Waals surface area (Å²) in [7, 11) is 0. The molecule has 1 heterocycles. The molecule has 0 saturated carbocycles. The SMILES string of the molecule is CSCC(C)Cn1cc(C)nc1NCC(C)C. The Morgan fingerprint density at radius 1 is 1.41 bits per heavy atom. The van der Waals surface area contributed by atoms with E-state index in [1.807, 2.05) is 11.8 Å². The second-order valence-corrected chi connectivity index (χ2v) is 6.10. The molecule has 4 heteroatoms. The van der Waals surface area contributed by atoms with E-state index in [4.69, 9.17) is 0 Å². The van der Waals surface area contributed by atoms with Gasteiger partial charge in [-0.05, 0) is 30.8 Å². The molecule has 1 unspecified atom stereocenters. The minimum atomic E-state index is 0.643. The molecule has 0 spiro atoms. The summed E-state index contributed by atoms with van der Waals surface area (Å²) in [6.45, 7) is 10.8. The van der Waals surface area contributed by atoms with Gasteiger partial charge in [0.25, 0.3) is 0 Å². The average Bonchev–Trinajstić information content (AvgIpc) is 2.56. The number of hydrogen-bond donors (Lipinski definition) is 1. The van der Waals surface area contributed by atoms with Gasteiger partial charge in [-0.1, -0.05) is 20.8 Å². The topological polar surface area (TPSA) is 29.9 Å². The summed E-state index contributed by atoms with van der Waals surface area (Å²) >= 11 is 1.91. The maximum Gasteiger partial charge on any atom is 0.203 e. The maximum absolute atomic E-state index is 4.54. The van der Waals surface area contributed by atoms with Crippen LogP contribution in [0.25, 0.3) is 0 Å². The molecular weight excluding hydrogens is 230 g/mol. The standard InChI is InChI=1S/C13H25N3S/c1-10(2)6-14-13-15-12(4)8-16(13)7-11(3)9-17-5/h8,10-11H,6-7,9H2,1-5H3,(H,14,15). The summed E-state index contributed by atoms with van der Waals surface area (Å²) in [5.41, 5.74) is 1.09. The number of anilines is 1. The molecule has 0 amide bonds. The summed E-state index contributed by atoms with van der Waals surface area (Å²) in [4.78, 5) is 4.54. The first-order chi connectivity index (χ1) is 8.02. The van der Waals surface area contributed by atoms with Gasteiger partial charge >= 0.3 is 0 Å². The van der Waals surface area contributed by atoms with Crippen LogP contribution in [0.1, 0.15) is 26.5 Å². The lowest BCUT2D eigenvalue weighted by Gasteiger charge is -2.14. The van der Waals surface area contributed by atoms with Crippen LogP contribution in [0.2, 0.25) is 0 Å². The van der Waals surface area contributed by atoms with Crippen molar-refractivity contribution in [3.8, 4) is 0 Å². The Morgan fingerprint density at radius 3 is 2.71 bits per heavy atom. The van der Waals surface area contributed by atoms with Crippen molar-refractivity contribution in [1.82, 2.24) is 9.55 Å². The lowest BCUT2D eigenvalue weighted by atomic mass is 10.2. The van der Waals surface area contributed by atoms with Crippen molar-refractivity contribution in [3.05, 3.63) is 11.9 Å². The monoisotopic (exact) mass is 255 g/mol. The first kappa shape index (κ1) is 14.4. The molecule has 0 aliphatic heterocycles. The Kier molecular flexibility index (Phi) is 5.89. The van der Waals surface area contributed by atoms with Gasteiger partial charge in [0, 0.05) is 19.3 Å². The number of imidazole rings is 1. The molecule has 0 aromatic carbocycles. The predicted molar refractivity (Wildman–Crippen MR) is 77.8 cm³/mol. The molecule has 0 aliphatic carbocycles. The van der Waals surface area contributed by atoms with Crippen LogP contribution in [0.15, 0.2) is 6.20 Å².